The molecule has 0 aliphatic heterocycles. The minimum absolute atomic E-state index is 1.25. The smallest absolute Gasteiger partial charge is 0.00668 e. The van der Waals surface area contributed by atoms with Crippen LogP contribution in [0.2, 0.25) is 0 Å². The van der Waals surface area contributed by atoms with Gasteiger partial charge in [-0.05, 0) is 69.5 Å². The molecule has 0 saturated carbocycles. The number of rotatable bonds is 4. The van der Waals surface area contributed by atoms with Gasteiger partial charge < -0.3 is 0 Å². The third-order valence-electron chi connectivity index (χ3n) is 6.25. The Balaban J connectivity index is 1.97. The van der Waals surface area contributed by atoms with E-state index in [0.717, 1.165) is 0 Å². The Bertz CT molecular complexity index is 1120. The van der Waals surface area contributed by atoms with Gasteiger partial charge in [0, 0.05) is 0 Å². The van der Waals surface area contributed by atoms with E-state index in [1.807, 2.05) is 0 Å². The molecule has 0 N–H and O–H groups in total. The highest BCUT2D eigenvalue weighted by Gasteiger charge is 2.23. The first kappa shape index (κ1) is 20.0. The fourth-order valence-electron chi connectivity index (χ4n) is 4.86. The van der Waals surface area contributed by atoms with Gasteiger partial charge in [-0.25, -0.2) is 0 Å². The minimum Gasteiger partial charge on any atom is -0.0622 e. The quantitative estimate of drug-likeness (QED) is 0.277. The van der Waals surface area contributed by atoms with E-state index in [1.54, 1.807) is 0 Å². The second-order valence-corrected chi connectivity index (χ2v) is 8.21. The first-order chi connectivity index (χ1) is 15.8. The van der Waals surface area contributed by atoms with Crippen LogP contribution in [0, 0.1) is 13.8 Å². The van der Waals surface area contributed by atoms with E-state index < -0.39 is 0 Å². The van der Waals surface area contributed by atoms with E-state index in [0.29, 0.717) is 0 Å². The van der Waals surface area contributed by atoms with Gasteiger partial charge in [-0.3, -0.25) is 0 Å². The van der Waals surface area contributed by atoms with Crippen LogP contribution in [0.1, 0.15) is 11.1 Å². The lowest BCUT2D eigenvalue weighted by molar-refractivity contribution is 1.38. The molecule has 0 heteroatoms. The van der Waals surface area contributed by atoms with E-state index in [4.69, 9.17) is 0 Å². The van der Waals surface area contributed by atoms with Crippen molar-refractivity contribution in [3.05, 3.63) is 132 Å². The molecule has 0 unspecified atom stereocenters. The van der Waals surface area contributed by atoms with Gasteiger partial charge in [0.25, 0.3) is 0 Å². The third-order valence-corrected chi connectivity index (χ3v) is 6.25. The molecule has 0 heterocycles. The van der Waals surface area contributed by atoms with Gasteiger partial charge in [-0.1, -0.05) is 121 Å². The number of hydrogen-bond acceptors (Lipinski definition) is 0. The Kier molecular flexibility index (Phi) is 5.44. The summed E-state index contributed by atoms with van der Waals surface area (Å²) < 4.78 is 0. The van der Waals surface area contributed by atoms with Crippen molar-refractivity contribution in [3.63, 3.8) is 0 Å². The molecule has 0 bridgehead atoms. The molecule has 0 nitrogen and oxygen atoms in total. The maximum absolute atomic E-state index is 2.28. The standard InChI is InChI=1S/C32H26/c1-23-29(25-15-7-3-8-16-25)31(27-19-11-5-12-20-27)24(2)32(28-21-13-6-14-22-28)30(23)26-17-9-4-10-18-26/h3-22H,1-2H3. The maximum atomic E-state index is 2.28. The minimum atomic E-state index is 1.25. The van der Waals surface area contributed by atoms with Crippen LogP contribution in [0.15, 0.2) is 121 Å². The first-order valence-corrected chi connectivity index (χ1v) is 11.1. The molecule has 0 amide bonds. The molecule has 154 valence electrons. The van der Waals surface area contributed by atoms with Crippen LogP contribution in [0.4, 0.5) is 0 Å². The summed E-state index contributed by atoms with van der Waals surface area (Å²) in [6.45, 7) is 4.56. The van der Waals surface area contributed by atoms with Gasteiger partial charge in [0.1, 0.15) is 0 Å². The van der Waals surface area contributed by atoms with Crippen molar-refractivity contribution in [1.82, 2.24) is 0 Å². The summed E-state index contributed by atoms with van der Waals surface area (Å²) in [5.74, 6) is 0. The summed E-state index contributed by atoms with van der Waals surface area (Å²) in [4.78, 5) is 0. The van der Waals surface area contributed by atoms with E-state index in [2.05, 4.69) is 135 Å². The van der Waals surface area contributed by atoms with E-state index in [-0.39, 0.29) is 0 Å². The van der Waals surface area contributed by atoms with Crippen molar-refractivity contribution in [3.8, 4) is 44.5 Å². The molecule has 5 aromatic rings. The van der Waals surface area contributed by atoms with Crippen LogP contribution >= 0.6 is 0 Å². The van der Waals surface area contributed by atoms with E-state index >= 15 is 0 Å². The second-order valence-electron chi connectivity index (χ2n) is 8.21. The van der Waals surface area contributed by atoms with E-state index in [9.17, 15) is 0 Å². The molecular formula is C32H26. The zero-order valence-electron chi connectivity index (χ0n) is 18.5. The largest absolute Gasteiger partial charge is 0.0622 e. The monoisotopic (exact) mass is 410 g/mol. The summed E-state index contributed by atoms with van der Waals surface area (Å²) in [6, 6.07) is 43.2. The lowest BCUT2D eigenvalue weighted by Gasteiger charge is -2.25. The van der Waals surface area contributed by atoms with Gasteiger partial charge in [-0.2, -0.15) is 0 Å². The Labute approximate surface area is 190 Å². The zero-order chi connectivity index (χ0) is 21.9. The van der Waals surface area contributed by atoms with Crippen molar-refractivity contribution in [2.45, 2.75) is 13.8 Å². The van der Waals surface area contributed by atoms with Crippen LogP contribution in [0.3, 0.4) is 0 Å². The summed E-state index contributed by atoms with van der Waals surface area (Å²) >= 11 is 0. The molecule has 0 saturated heterocycles. The predicted octanol–water partition coefficient (Wildman–Crippen LogP) is 8.97. The third kappa shape index (κ3) is 3.55. The van der Waals surface area contributed by atoms with Crippen molar-refractivity contribution in [2.24, 2.45) is 0 Å². The summed E-state index contributed by atoms with van der Waals surface area (Å²) in [5.41, 5.74) is 12.9. The second kappa shape index (κ2) is 8.69. The number of benzene rings is 5. The van der Waals surface area contributed by atoms with Crippen LogP contribution in [-0.4, -0.2) is 0 Å². The maximum Gasteiger partial charge on any atom is -0.00668 e. The van der Waals surface area contributed by atoms with Gasteiger partial charge in [-0.15, -0.1) is 0 Å². The Morgan fingerprint density at radius 3 is 0.656 bits per heavy atom. The summed E-state index contributed by atoms with van der Waals surface area (Å²) in [6.07, 6.45) is 0. The van der Waals surface area contributed by atoms with Crippen molar-refractivity contribution < 1.29 is 0 Å². The summed E-state index contributed by atoms with van der Waals surface area (Å²) in [5, 5.41) is 0. The fraction of sp³-hybridized carbons (Fsp3) is 0.0625. The highest BCUT2D eigenvalue weighted by atomic mass is 14.3. The molecule has 5 aromatic carbocycles. The van der Waals surface area contributed by atoms with Crippen molar-refractivity contribution >= 4 is 0 Å². The Hall–Kier alpha value is -3.90. The van der Waals surface area contributed by atoms with Gasteiger partial charge >= 0.3 is 0 Å². The Morgan fingerprint density at radius 2 is 0.469 bits per heavy atom. The van der Waals surface area contributed by atoms with Crippen LogP contribution in [0.5, 0.6) is 0 Å². The van der Waals surface area contributed by atoms with Crippen LogP contribution in [-0.2, 0) is 0 Å². The average molecular weight is 411 g/mol. The normalized spacial score (nSPS) is 10.8. The zero-order valence-corrected chi connectivity index (χ0v) is 18.5. The van der Waals surface area contributed by atoms with Crippen LogP contribution in [0.25, 0.3) is 44.5 Å². The van der Waals surface area contributed by atoms with Crippen LogP contribution < -0.4 is 0 Å². The van der Waals surface area contributed by atoms with E-state index in [1.165, 1.54) is 55.6 Å². The molecular weight excluding hydrogens is 384 g/mol. The topological polar surface area (TPSA) is 0 Å². The molecule has 5 rings (SSSR count). The van der Waals surface area contributed by atoms with Crippen molar-refractivity contribution in [1.29, 1.82) is 0 Å². The van der Waals surface area contributed by atoms with Gasteiger partial charge in [0.2, 0.25) is 0 Å². The lowest BCUT2D eigenvalue weighted by atomic mass is 9.78. The van der Waals surface area contributed by atoms with Gasteiger partial charge in [0.05, 0.1) is 0 Å². The molecule has 0 radical (unpaired) electrons. The predicted molar refractivity (Wildman–Crippen MR) is 138 cm³/mol. The fourth-order valence-corrected chi connectivity index (χ4v) is 4.86. The lowest BCUT2D eigenvalue weighted by Crippen LogP contribution is -2.01. The van der Waals surface area contributed by atoms with Gasteiger partial charge in [0.15, 0.2) is 0 Å². The first-order valence-electron chi connectivity index (χ1n) is 11.1. The number of hydrogen-bond donors (Lipinski definition) is 0. The van der Waals surface area contributed by atoms with Crippen molar-refractivity contribution in [2.75, 3.05) is 0 Å². The summed E-state index contributed by atoms with van der Waals surface area (Å²) in [7, 11) is 0. The molecule has 32 heavy (non-hydrogen) atoms. The molecule has 0 aromatic heterocycles. The Morgan fingerprint density at radius 1 is 0.281 bits per heavy atom. The highest BCUT2D eigenvalue weighted by Crippen LogP contribution is 2.48. The SMILES string of the molecule is Cc1c(-c2ccccc2)c(-c2ccccc2)c(C)c(-c2ccccc2)c1-c1ccccc1. The molecule has 0 aliphatic rings. The molecule has 0 aliphatic carbocycles. The molecule has 0 fully saturated rings. The molecule has 0 atom stereocenters. The highest BCUT2D eigenvalue weighted by molar-refractivity contribution is 6.00. The average Bonchev–Trinajstić information content (AvgIpc) is 2.87. The molecule has 0 spiro atoms.